The molecule has 2 N–H and O–H groups in total. The molecule has 1 aliphatic heterocycles. The van der Waals surface area contributed by atoms with E-state index in [1.54, 1.807) is 0 Å². The van der Waals surface area contributed by atoms with Crippen LogP contribution in [0.15, 0.2) is 30.3 Å². The van der Waals surface area contributed by atoms with Gasteiger partial charge in [0, 0.05) is 42.9 Å². The SMILES string of the molecule is CCc1nc2c(C)cc(C)nc2n1Cc1ccc(N[C@H]2CC[C@H](C(=O)NN3CCCC3)CC2)cc1. The van der Waals surface area contributed by atoms with E-state index in [1.807, 2.05) is 6.92 Å². The van der Waals surface area contributed by atoms with Crippen molar-refractivity contribution >= 4 is 22.8 Å². The Kier molecular flexibility index (Phi) is 7.04. The van der Waals surface area contributed by atoms with Crippen molar-refractivity contribution < 1.29 is 4.79 Å². The van der Waals surface area contributed by atoms with Gasteiger partial charge in [-0.2, -0.15) is 0 Å². The van der Waals surface area contributed by atoms with Crippen LogP contribution in [-0.2, 0) is 17.8 Å². The summed E-state index contributed by atoms with van der Waals surface area (Å²) in [6, 6.07) is 11.3. The minimum absolute atomic E-state index is 0.148. The number of hydrogen-bond acceptors (Lipinski definition) is 5. The number of imidazole rings is 1. The summed E-state index contributed by atoms with van der Waals surface area (Å²) in [5, 5.41) is 5.78. The van der Waals surface area contributed by atoms with Crippen molar-refractivity contribution in [3.8, 4) is 0 Å². The molecule has 0 spiro atoms. The second kappa shape index (κ2) is 10.4. The van der Waals surface area contributed by atoms with Gasteiger partial charge in [-0.25, -0.2) is 15.0 Å². The third-order valence-corrected chi connectivity index (χ3v) is 7.56. The summed E-state index contributed by atoms with van der Waals surface area (Å²) in [5.74, 6) is 1.44. The number of carbonyl (C=O) groups is 1. The smallest absolute Gasteiger partial charge is 0.237 e. The molecule has 2 aliphatic rings. The first-order valence-electron chi connectivity index (χ1n) is 13.2. The number of nitrogens with zero attached hydrogens (tertiary/aromatic N) is 4. The molecule has 2 fully saturated rings. The van der Waals surface area contributed by atoms with Crippen LogP contribution in [0, 0.1) is 19.8 Å². The van der Waals surface area contributed by atoms with E-state index < -0.39 is 0 Å². The summed E-state index contributed by atoms with van der Waals surface area (Å²) in [5.41, 5.74) is 9.72. The maximum Gasteiger partial charge on any atom is 0.237 e. The van der Waals surface area contributed by atoms with Crippen LogP contribution in [0.25, 0.3) is 11.2 Å². The van der Waals surface area contributed by atoms with E-state index in [4.69, 9.17) is 9.97 Å². The number of hydrogen-bond donors (Lipinski definition) is 2. The fourth-order valence-corrected chi connectivity index (χ4v) is 5.59. The minimum Gasteiger partial charge on any atom is -0.382 e. The Labute approximate surface area is 208 Å². The molecule has 5 rings (SSSR count). The lowest BCUT2D eigenvalue weighted by Gasteiger charge is -2.30. The Balaban J connectivity index is 1.18. The van der Waals surface area contributed by atoms with Crippen LogP contribution in [-0.4, -0.2) is 44.6 Å². The van der Waals surface area contributed by atoms with E-state index in [0.717, 1.165) is 80.1 Å². The van der Waals surface area contributed by atoms with Gasteiger partial charge in [0.15, 0.2) is 5.65 Å². The van der Waals surface area contributed by atoms with E-state index >= 15 is 0 Å². The maximum atomic E-state index is 12.6. The van der Waals surface area contributed by atoms with Gasteiger partial charge in [0.1, 0.15) is 11.3 Å². The highest BCUT2D eigenvalue weighted by atomic mass is 16.2. The zero-order valence-corrected chi connectivity index (χ0v) is 21.3. The van der Waals surface area contributed by atoms with Crippen LogP contribution in [0.1, 0.15) is 68.1 Å². The quantitative estimate of drug-likeness (QED) is 0.517. The molecule has 1 saturated carbocycles. The van der Waals surface area contributed by atoms with Crippen molar-refractivity contribution in [2.75, 3.05) is 18.4 Å². The summed E-state index contributed by atoms with van der Waals surface area (Å²) in [6.45, 7) is 9.06. The molecule has 0 unspecified atom stereocenters. The summed E-state index contributed by atoms with van der Waals surface area (Å²) >= 11 is 0. The molecule has 1 saturated heterocycles. The number of nitrogens with one attached hydrogen (secondary N) is 2. The number of amides is 1. The average molecular weight is 475 g/mol. The van der Waals surface area contributed by atoms with Crippen molar-refractivity contribution in [2.45, 2.75) is 78.3 Å². The predicted molar refractivity (Wildman–Crippen MR) is 140 cm³/mol. The molecule has 0 atom stereocenters. The molecule has 0 radical (unpaired) electrons. The van der Waals surface area contributed by atoms with Crippen molar-refractivity contribution in [2.24, 2.45) is 5.92 Å². The van der Waals surface area contributed by atoms with Crippen molar-refractivity contribution in [1.82, 2.24) is 25.0 Å². The molecule has 2 aromatic heterocycles. The second-order valence-corrected chi connectivity index (χ2v) is 10.3. The van der Waals surface area contributed by atoms with Gasteiger partial charge in [0.05, 0.1) is 6.54 Å². The Morgan fingerprint density at radius 2 is 1.74 bits per heavy atom. The first kappa shape index (κ1) is 23.8. The van der Waals surface area contributed by atoms with Crippen LogP contribution in [0.4, 0.5) is 5.69 Å². The zero-order chi connectivity index (χ0) is 24.4. The largest absolute Gasteiger partial charge is 0.382 e. The molecule has 3 heterocycles. The molecule has 1 aliphatic carbocycles. The van der Waals surface area contributed by atoms with Gasteiger partial charge >= 0.3 is 0 Å². The van der Waals surface area contributed by atoms with Crippen LogP contribution < -0.4 is 10.7 Å². The van der Waals surface area contributed by atoms with Crippen LogP contribution >= 0.6 is 0 Å². The molecular weight excluding hydrogens is 436 g/mol. The summed E-state index contributed by atoms with van der Waals surface area (Å²) in [7, 11) is 0. The van der Waals surface area contributed by atoms with Crippen LogP contribution in [0.3, 0.4) is 0 Å². The van der Waals surface area contributed by atoms with Crippen molar-refractivity contribution in [3.63, 3.8) is 0 Å². The minimum atomic E-state index is 0.148. The lowest BCUT2D eigenvalue weighted by Crippen LogP contribution is -2.44. The average Bonchev–Trinajstić information content (AvgIpc) is 3.49. The number of aryl methyl sites for hydroxylation is 3. The van der Waals surface area contributed by atoms with Gasteiger partial charge in [0.25, 0.3) is 0 Å². The second-order valence-electron chi connectivity index (χ2n) is 10.3. The van der Waals surface area contributed by atoms with E-state index in [2.05, 4.69) is 64.5 Å². The maximum absolute atomic E-state index is 12.6. The molecular formula is C28H38N6O. The first-order chi connectivity index (χ1) is 17.0. The zero-order valence-electron chi connectivity index (χ0n) is 21.3. The van der Waals surface area contributed by atoms with Crippen molar-refractivity contribution in [3.05, 3.63) is 53.0 Å². The first-order valence-corrected chi connectivity index (χ1v) is 13.2. The number of anilines is 1. The van der Waals surface area contributed by atoms with E-state index in [-0.39, 0.29) is 11.8 Å². The van der Waals surface area contributed by atoms with Crippen LogP contribution in [0.5, 0.6) is 0 Å². The molecule has 7 heteroatoms. The summed E-state index contributed by atoms with van der Waals surface area (Å²) in [6.07, 6.45) is 7.22. The van der Waals surface area contributed by atoms with Gasteiger partial charge in [-0.1, -0.05) is 19.1 Å². The normalized spacial score (nSPS) is 20.9. The molecule has 35 heavy (non-hydrogen) atoms. The third-order valence-electron chi connectivity index (χ3n) is 7.56. The summed E-state index contributed by atoms with van der Waals surface area (Å²) in [4.78, 5) is 22.2. The predicted octanol–water partition coefficient (Wildman–Crippen LogP) is 4.76. The number of hydrazine groups is 1. The topological polar surface area (TPSA) is 75.1 Å². The fraction of sp³-hybridized carbons (Fsp3) is 0.536. The Morgan fingerprint density at radius 3 is 2.43 bits per heavy atom. The number of fused-ring (bicyclic) bond motifs is 1. The number of pyridine rings is 1. The third kappa shape index (κ3) is 5.35. The molecule has 186 valence electrons. The molecule has 1 aromatic carbocycles. The summed E-state index contributed by atoms with van der Waals surface area (Å²) < 4.78 is 2.26. The molecule has 7 nitrogen and oxygen atoms in total. The van der Waals surface area contributed by atoms with Gasteiger partial charge < -0.3 is 9.88 Å². The monoisotopic (exact) mass is 474 g/mol. The Morgan fingerprint density at radius 1 is 1.03 bits per heavy atom. The number of rotatable bonds is 7. The van der Waals surface area contributed by atoms with E-state index in [9.17, 15) is 4.79 Å². The molecule has 3 aromatic rings. The van der Waals surface area contributed by atoms with Gasteiger partial charge in [-0.05, 0) is 81.7 Å². The van der Waals surface area contributed by atoms with Gasteiger partial charge in [0.2, 0.25) is 5.91 Å². The van der Waals surface area contributed by atoms with Crippen LogP contribution in [0.2, 0.25) is 0 Å². The van der Waals surface area contributed by atoms with Gasteiger partial charge in [-0.15, -0.1) is 0 Å². The number of aromatic nitrogens is 3. The van der Waals surface area contributed by atoms with Crippen molar-refractivity contribution in [1.29, 1.82) is 0 Å². The Bertz CT molecular complexity index is 1170. The van der Waals surface area contributed by atoms with E-state index in [0.29, 0.717) is 6.04 Å². The lowest BCUT2D eigenvalue weighted by molar-refractivity contribution is -0.130. The molecule has 0 bridgehead atoms. The highest BCUT2D eigenvalue weighted by Gasteiger charge is 2.27. The number of benzene rings is 1. The van der Waals surface area contributed by atoms with Gasteiger partial charge in [-0.3, -0.25) is 10.2 Å². The Hall–Kier alpha value is -2.93. The van der Waals surface area contributed by atoms with E-state index in [1.165, 1.54) is 24.0 Å². The standard InChI is InChI=1S/C28H38N6O/c1-4-25-31-26-19(2)17-20(3)29-27(26)34(25)18-21-7-11-23(12-8-21)30-24-13-9-22(10-14-24)28(35)32-33-15-5-6-16-33/h7-8,11-12,17,22,24,30H,4-6,9-10,13-16,18H2,1-3H3,(H,32,35)/t22-,24-. The fourth-order valence-electron chi connectivity index (χ4n) is 5.59. The highest BCUT2D eigenvalue weighted by Crippen LogP contribution is 2.28. The molecule has 1 amide bonds. The lowest BCUT2D eigenvalue weighted by atomic mass is 9.85. The number of carbonyl (C=O) groups excluding carboxylic acids is 1. The highest BCUT2D eigenvalue weighted by molar-refractivity contribution is 5.78.